The zero-order chi connectivity index (χ0) is 13.7. The molecule has 0 bridgehead atoms. The predicted octanol–water partition coefficient (Wildman–Crippen LogP) is 2.90. The van der Waals surface area contributed by atoms with Crippen LogP contribution in [0.3, 0.4) is 0 Å². The number of hydrogen-bond donors (Lipinski definition) is 1. The summed E-state index contributed by atoms with van der Waals surface area (Å²) >= 11 is 0. The molecule has 1 aromatic rings. The van der Waals surface area contributed by atoms with E-state index >= 15 is 0 Å². The quantitative estimate of drug-likeness (QED) is 0.863. The average molecular weight is 281 g/mol. The molecule has 1 aliphatic carbocycles. The van der Waals surface area contributed by atoms with Gasteiger partial charge in [-0.2, -0.15) is 0 Å². The summed E-state index contributed by atoms with van der Waals surface area (Å²) in [7, 11) is -3.08. The molecule has 3 nitrogen and oxygen atoms in total. The topological polar surface area (TPSA) is 46.2 Å². The van der Waals surface area contributed by atoms with E-state index in [9.17, 15) is 8.42 Å². The van der Waals surface area contributed by atoms with Gasteiger partial charge in [-0.25, -0.2) is 8.42 Å². The van der Waals surface area contributed by atoms with E-state index in [1.165, 1.54) is 44.8 Å². The van der Waals surface area contributed by atoms with Gasteiger partial charge in [0, 0.05) is 18.8 Å². The summed E-state index contributed by atoms with van der Waals surface area (Å²) in [5, 5.41) is 3.59. The van der Waals surface area contributed by atoms with Crippen molar-refractivity contribution in [2.45, 2.75) is 56.0 Å². The standard InChI is InChI=1S/C15H23NO2S/c1-19(17,18)15-10-8-13(9-11-15)12-16-14-6-4-2-3-5-7-14/h8-11,14,16H,2-7,12H2,1H3. The molecule has 1 aliphatic rings. The van der Waals surface area contributed by atoms with Crippen molar-refractivity contribution >= 4 is 9.84 Å². The molecule has 106 valence electrons. The lowest BCUT2D eigenvalue weighted by Gasteiger charge is -2.16. The summed E-state index contributed by atoms with van der Waals surface area (Å²) < 4.78 is 22.7. The van der Waals surface area contributed by atoms with Crippen LogP contribution in [-0.4, -0.2) is 20.7 Å². The fourth-order valence-electron chi connectivity index (χ4n) is 2.60. The molecule has 0 spiro atoms. The highest BCUT2D eigenvalue weighted by molar-refractivity contribution is 7.90. The van der Waals surface area contributed by atoms with Crippen LogP contribution >= 0.6 is 0 Å². The summed E-state index contributed by atoms with van der Waals surface area (Å²) in [5.74, 6) is 0. The molecule has 0 radical (unpaired) electrons. The summed E-state index contributed by atoms with van der Waals surface area (Å²) in [6, 6.07) is 7.82. The highest BCUT2D eigenvalue weighted by Gasteiger charge is 2.11. The van der Waals surface area contributed by atoms with E-state index in [2.05, 4.69) is 5.32 Å². The van der Waals surface area contributed by atoms with E-state index in [1.54, 1.807) is 12.1 Å². The van der Waals surface area contributed by atoms with Gasteiger partial charge in [0.25, 0.3) is 0 Å². The molecule has 1 saturated carbocycles. The van der Waals surface area contributed by atoms with E-state index in [0.717, 1.165) is 12.1 Å². The van der Waals surface area contributed by atoms with Crippen molar-refractivity contribution in [2.24, 2.45) is 0 Å². The van der Waals surface area contributed by atoms with Crippen LogP contribution in [-0.2, 0) is 16.4 Å². The Bertz CT molecular complexity index is 485. The van der Waals surface area contributed by atoms with Gasteiger partial charge in [-0.05, 0) is 30.5 Å². The van der Waals surface area contributed by atoms with Gasteiger partial charge in [-0.15, -0.1) is 0 Å². The van der Waals surface area contributed by atoms with Gasteiger partial charge in [0.15, 0.2) is 9.84 Å². The highest BCUT2D eigenvalue weighted by Crippen LogP contribution is 2.18. The number of benzene rings is 1. The van der Waals surface area contributed by atoms with Crippen molar-refractivity contribution in [3.8, 4) is 0 Å². The van der Waals surface area contributed by atoms with Crippen LogP contribution in [0.15, 0.2) is 29.2 Å². The van der Waals surface area contributed by atoms with Gasteiger partial charge in [0.2, 0.25) is 0 Å². The van der Waals surface area contributed by atoms with E-state index in [1.807, 2.05) is 12.1 Å². The Morgan fingerprint density at radius 1 is 1.05 bits per heavy atom. The van der Waals surface area contributed by atoms with Crippen molar-refractivity contribution < 1.29 is 8.42 Å². The fourth-order valence-corrected chi connectivity index (χ4v) is 3.23. The number of hydrogen-bond acceptors (Lipinski definition) is 3. The molecule has 2 rings (SSSR count). The van der Waals surface area contributed by atoms with Crippen molar-refractivity contribution in [1.82, 2.24) is 5.32 Å². The first-order valence-electron chi connectivity index (χ1n) is 7.08. The Hall–Kier alpha value is -0.870. The molecule has 0 amide bonds. The summed E-state index contributed by atoms with van der Waals surface area (Å²) in [6.07, 6.45) is 9.15. The lowest BCUT2D eigenvalue weighted by atomic mass is 10.1. The van der Waals surface area contributed by atoms with Crippen molar-refractivity contribution in [3.05, 3.63) is 29.8 Å². The van der Waals surface area contributed by atoms with Crippen LogP contribution in [0.5, 0.6) is 0 Å². The van der Waals surface area contributed by atoms with E-state index < -0.39 is 9.84 Å². The molecule has 0 atom stereocenters. The molecular weight excluding hydrogens is 258 g/mol. The maximum atomic E-state index is 11.4. The highest BCUT2D eigenvalue weighted by atomic mass is 32.2. The lowest BCUT2D eigenvalue weighted by Crippen LogP contribution is -2.27. The Labute approximate surface area is 116 Å². The molecule has 1 N–H and O–H groups in total. The molecule has 4 heteroatoms. The second kappa shape index (κ2) is 6.53. The molecule has 0 heterocycles. The summed E-state index contributed by atoms with van der Waals surface area (Å²) in [6.45, 7) is 0.828. The van der Waals surface area contributed by atoms with Crippen molar-refractivity contribution in [3.63, 3.8) is 0 Å². The monoisotopic (exact) mass is 281 g/mol. The second-order valence-corrected chi connectivity index (χ2v) is 7.50. The Morgan fingerprint density at radius 3 is 2.16 bits per heavy atom. The van der Waals surface area contributed by atoms with Crippen LogP contribution in [0, 0.1) is 0 Å². The minimum absolute atomic E-state index is 0.394. The zero-order valence-corrected chi connectivity index (χ0v) is 12.4. The average Bonchev–Trinajstić information content (AvgIpc) is 2.64. The summed E-state index contributed by atoms with van der Waals surface area (Å²) in [4.78, 5) is 0.394. The van der Waals surface area contributed by atoms with Crippen LogP contribution in [0.25, 0.3) is 0 Å². The van der Waals surface area contributed by atoms with Gasteiger partial charge in [-0.1, -0.05) is 37.8 Å². The molecule has 1 aromatic carbocycles. The Kier molecular flexibility index (Phi) is 4.99. The van der Waals surface area contributed by atoms with E-state index in [4.69, 9.17) is 0 Å². The first-order chi connectivity index (χ1) is 9.05. The first-order valence-corrected chi connectivity index (χ1v) is 8.97. The molecule has 0 aromatic heterocycles. The van der Waals surface area contributed by atoms with Crippen LogP contribution in [0.4, 0.5) is 0 Å². The van der Waals surface area contributed by atoms with Gasteiger partial charge < -0.3 is 5.32 Å². The second-order valence-electron chi connectivity index (χ2n) is 5.49. The van der Waals surface area contributed by atoms with Crippen LogP contribution in [0.1, 0.15) is 44.1 Å². The number of nitrogens with one attached hydrogen (secondary N) is 1. The number of rotatable bonds is 4. The fraction of sp³-hybridized carbons (Fsp3) is 0.600. The SMILES string of the molecule is CS(=O)(=O)c1ccc(CNC2CCCCCC2)cc1. The largest absolute Gasteiger partial charge is 0.310 e. The predicted molar refractivity (Wildman–Crippen MR) is 77.9 cm³/mol. The molecule has 0 saturated heterocycles. The molecule has 0 aliphatic heterocycles. The van der Waals surface area contributed by atoms with Gasteiger partial charge in [0.05, 0.1) is 4.90 Å². The van der Waals surface area contributed by atoms with Crippen molar-refractivity contribution in [1.29, 1.82) is 0 Å². The minimum Gasteiger partial charge on any atom is -0.310 e. The maximum absolute atomic E-state index is 11.4. The van der Waals surface area contributed by atoms with Crippen LogP contribution < -0.4 is 5.32 Å². The zero-order valence-electron chi connectivity index (χ0n) is 11.6. The number of sulfone groups is 1. The molecule has 19 heavy (non-hydrogen) atoms. The van der Waals surface area contributed by atoms with Crippen LogP contribution in [0.2, 0.25) is 0 Å². The van der Waals surface area contributed by atoms with E-state index in [-0.39, 0.29) is 0 Å². The first kappa shape index (κ1) is 14.5. The smallest absolute Gasteiger partial charge is 0.175 e. The minimum atomic E-state index is -3.08. The van der Waals surface area contributed by atoms with Gasteiger partial charge >= 0.3 is 0 Å². The third kappa shape index (κ3) is 4.62. The Morgan fingerprint density at radius 2 is 1.63 bits per heavy atom. The normalized spacial score (nSPS) is 18.2. The Balaban J connectivity index is 1.89. The molecule has 1 fully saturated rings. The molecular formula is C15H23NO2S. The van der Waals surface area contributed by atoms with E-state index in [0.29, 0.717) is 10.9 Å². The lowest BCUT2D eigenvalue weighted by molar-refractivity contribution is 0.459. The third-order valence-corrected chi connectivity index (χ3v) is 4.93. The van der Waals surface area contributed by atoms with Crippen molar-refractivity contribution in [2.75, 3.05) is 6.26 Å². The summed E-state index contributed by atoms with van der Waals surface area (Å²) in [5.41, 5.74) is 1.15. The molecule has 0 unspecified atom stereocenters. The third-order valence-electron chi connectivity index (χ3n) is 3.80. The maximum Gasteiger partial charge on any atom is 0.175 e. The van der Waals surface area contributed by atoms with Gasteiger partial charge in [0.1, 0.15) is 0 Å². The van der Waals surface area contributed by atoms with Gasteiger partial charge in [-0.3, -0.25) is 0 Å².